The number of ether oxygens (including phenoxy) is 1. The Morgan fingerprint density at radius 3 is 2.15 bits per heavy atom. The number of para-hydroxylation sites is 1. The van der Waals surface area contributed by atoms with E-state index in [4.69, 9.17) is 31.2 Å². The van der Waals surface area contributed by atoms with E-state index in [0.29, 0.717) is 48.3 Å². The summed E-state index contributed by atoms with van der Waals surface area (Å²) in [5, 5.41) is 16.2. The molecular formula is C37H38F3N5O9S. The minimum atomic E-state index is -5.08. The Morgan fingerprint density at radius 2 is 1.60 bits per heavy atom. The molecule has 1 aliphatic rings. The number of benzene rings is 2. The topological polar surface area (TPSA) is 224 Å². The molecule has 1 unspecified atom stereocenters. The SMILES string of the molecule is CN(C)C(=O)c1c(C(N)=O)sc2c1CCC(C(=O)OCc1ccccn1)C2.NCc1cccc(C(=O)N(CC(=O)O)c2ccccc2)c1.O=C(O)C(F)(F)F. The molecule has 0 saturated heterocycles. The van der Waals surface area contributed by atoms with E-state index in [1.807, 2.05) is 18.2 Å². The van der Waals surface area contributed by atoms with Crippen molar-refractivity contribution < 1.29 is 56.9 Å². The Bertz CT molecular complexity index is 1990. The van der Waals surface area contributed by atoms with E-state index in [1.165, 1.54) is 21.1 Å². The number of carbonyl (C=O) groups is 6. The number of amides is 3. The van der Waals surface area contributed by atoms with Crippen LogP contribution in [0.3, 0.4) is 0 Å². The lowest BCUT2D eigenvalue weighted by molar-refractivity contribution is -0.192. The summed E-state index contributed by atoms with van der Waals surface area (Å²) in [4.78, 5) is 77.2. The zero-order chi connectivity index (χ0) is 40.9. The lowest BCUT2D eigenvalue weighted by Gasteiger charge is -2.22. The molecule has 2 heterocycles. The Balaban J connectivity index is 0.000000258. The molecule has 2 aromatic heterocycles. The molecule has 5 rings (SSSR count). The van der Waals surface area contributed by atoms with Crippen molar-refractivity contribution in [3.63, 3.8) is 0 Å². The van der Waals surface area contributed by atoms with Gasteiger partial charge in [-0.2, -0.15) is 13.2 Å². The summed E-state index contributed by atoms with van der Waals surface area (Å²) >= 11 is 1.21. The second kappa shape index (κ2) is 19.8. The molecule has 292 valence electrons. The number of thiophene rings is 1. The summed E-state index contributed by atoms with van der Waals surface area (Å²) in [6.07, 6.45) is -1.88. The number of nitrogens with two attached hydrogens (primary N) is 2. The summed E-state index contributed by atoms with van der Waals surface area (Å²) in [5.41, 5.74) is 14.7. The number of anilines is 1. The first-order valence-electron chi connectivity index (χ1n) is 16.3. The van der Waals surface area contributed by atoms with Crippen molar-refractivity contribution in [2.24, 2.45) is 17.4 Å². The minimum Gasteiger partial charge on any atom is -0.480 e. The van der Waals surface area contributed by atoms with Crippen LogP contribution >= 0.6 is 11.3 Å². The number of primary amides is 1. The number of carbonyl (C=O) groups excluding carboxylic acids is 4. The van der Waals surface area contributed by atoms with Crippen LogP contribution in [0.15, 0.2) is 79.0 Å². The fourth-order valence-electron chi connectivity index (χ4n) is 5.17. The maximum absolute atomic E-state index is 12.6. The molecule has 1 atom stereocenters. The number of esters is 1. The number of rotatable bonds is 10. The van der Waals surface area contributed by atoms with Crippen LogP contribution in [0.2, 0.25) is 0 Å². The van der Waals surface area contributed by atoms with Gasteiger partial charge in [0.15, 0.2) is 0 Å². The molecule has 4 aromatic rings. The van der Waals surface area contributed by atoms with E-state index in [1.54, 1.807) is 74.9 Å². The number of halogens is 3. The molecular weight excluding hydrogens is 747 g/mol. The first-order valence-corrected chi connectivity index (χ1v) is 17.2. The van der Waals surface area contributed by atoms with Crippen LogP contribution in [0.25, 0.3) is 0 Å². The number of pyridine rings is 1. The highest BCUT2D eigenvalue weighted by Crippen LogP contribution is 2.37. The second-order valence-corrected chi connectivity index (χ2v) is 13.1. The summed E-state index contributed by atoms with van der Waals surface area (Å²) in [6.45, 7) is 0.0610. The van der Waals surface area contributed by atoms with Crippen molar-refractivity contribution in [3.8, 4) is 0 Å². The molecule has 18 heteroatoms. The number of aliphatic carboxylic acids is 2. The van der Waals surface area contributed by atoms with Crippen molar-refractivity contribution in [2.45, 2.75) is 38.6 Å². The van der Waals surface area contributed by atoms with Gasteiger partial charge in [-0.05, 0) is 66.8 Å². The number of alkyl halides is 3. The van der Waals surface area contributed by atoms with Gasteiger partial charge in [-0.15, -0.1) is 11.3 Å². The molecule has 0 aliphatic heterocycles. The maximum Gasteiger partial charge on any atom is 0.490 e. The highest BCUT2D eigenvalue weighted by Gasteiger charge is 2.38. The molecule has 0 radical (unpaired) electrons. The first-order chi connectivity index (χ1) is 25.9. The number of aromatic nitrogens is 1. The van der Waals surface area contributed by atoms with E-state index < -0.39 is 30.6 Å². The van der Waals surface area contributed by atoms with E-state index in [0.717, 1.165) is 16.0 Å². The Hall–Kier alpha value is -6.14. The summed E-state index contributed by atoms with van der Waals surface area (Å²) in [5.74, 6) is -5.64. The number of nitrogens with zero attached hydrogens (tertiary/aromatic N) is 3. The number of hydrogen-bond donors (Lipinski definition) is 4. The van der Waals surface area contributed by atoms with Gasteiger partial charge in [0.25, 0.3) is 17.7 Å². The van der Waals surface area contributed by atoms with Gasteiger partial charge in [-0.25, -0.2) is 4.79 Å². The Kier molecular flexibility index (Phi) is 15.6. The molecule has 0 fully saturated rings. The third kappa shape index (κ3) is 12.5. The van der Waals surface area contributed by atoms with E-state index >= 15 is 0 Å². The van der Waals surface area contributed by atoms with Crippen LogP contribution in [0.1, 0.15) is 58.5 Å². The van der Waals surface area contributed by atoms with Gasteiger partial charge in [0, 0.05) is 43.0 Å². The normalized spacial score (nSPS) is 13.0. The molecule has 0 bridgehead atoms. The van der Waals surface area contributed by atoms with Crippen LogP contribution in [0.5, 0.6) is 0 Å². The third-order valence-electron chi connectivity index (χ3n) is 7.79. The molecule has 3 amide bonds. The largest absolute Gasteiger partial charge is 0.490 e. The van der Waals surface area contributed by atoms with Crippen molar-refractivity contribution in [2.75, 3.05) is 25.5 Å². The third-order valence-corrected chi connectivity index (χ3v) is 9.06. The van der Waals surface area contributed by atoms with Gasteiger partial charge in [0.2, 0.25) is 0 Å². The average Bonchev–Trinajstić information content (AvgIpc) is 3.55. The fourth-order valence-corrected chi connectivity index (χ4v) is 6.44. The zero-order valence-corrected chi connectivity index (χ0v) is 30.4. The van der Waals surface area contributed by atoms with Crippen molar-refractivity contribution in [3.05, 3.63) is 117 Å². The lowest BCUT2D eigenvalue weighted by atomic mass is 9.86. The number of fused-ring (bicyclic) bond motifs is 1. The minimum absolute atomic E-state index is 0.129. The van der Waals surface area contributed by atoms with Gasteiger partial charge in [0.05, 0.1) is 17.2 Å². The van der Waals surface area contributed by atoms with Crippen LogP contribution in [-0.4, -0.2) is 82.5 Å². The highest BCUT2D eigenvalue weighted by molar-refractivity contribution is 7.14. The van der Waals surface area contributed by atoms with Crippen molar-refractivity contribution >= 4 is 52.7 Å². The van der Waals surface area contributed by atoms with Crippen molar-refractivity contribution in [1.29, 1.82) is 0 Å². The standard InChI is InChI=1S/C19H21N3O4S.C16H16N2O3.C2HF3O2/c1-22(2)18(24)15-13-7-6-11(9-14(13)27-16(15)17(20)23)19(25)26-10-12-5-3-4-8-21-12;17-10-12-5-4-6-13(9-12)16(21)18(11-15(19)20)14-7-2-1-3-8-14;3-2(4,5)1(6)7/h3-5,8,11H,6-7,9-10H2,1-2H3,(H2,20,23);1-9H,10-11,17H2,(H,19,20);(H,6,7). The van der Waals surface area contributed by atoms with Gasteiger partial charge in [0.1, 0.15) is 18.0 Å². The zero-order valence-electron chi connectivity index (χ0n) is 29.6. The van der Waals surface area contributed by atoms with Crippen LogP contribution in [0.4, 0.5) is 18.9 Å². The molecule has 1 aliphatic carbocycles. The molecule has 0 saturated carbocycles. The predicted octanol–water partition coefficient (Wildman–Crippen LogP) is 4.30. The quantitative estimate of drug-likeness (QED) is 0.166. The Morgan fingerprint density at radius 1 is 0.945 bits per heavy atom. The van der Waals surface area contributed by atoms with Gasteiger partial charge >= 0.3 is 24.1 Å². The lowest BCUT2D eigenvalue weighted by Crippen LogP contribution is -2.35. The van der Waals surface area contributed by atoms with E-state index in [2.05, 4.69) is 4.98 Å². The molecule has 2 aromatic carbocycles. The van der Waals surface area contributed by atoms with Gasteiger partial charge in [-0.1, -0.05) is 36.4 Å². The smallest absolute Gasteiger partial charge is 0.480 e. The molecule has 14 nitrogen and oxygen atoms in total. The average molecular weight is 786 g/mol. The van der Waals surface area contributed by atoms with Gasteiger partial charge in [-0.3, -0.25) is 33.9 Å². The number of hydrogen-bond acceptors (Lipinski definition) is 10. The summed E-state index contributed by atoms with van der Waals surface area (Å²) < 4.78 is 37.1. The monoisotopic (exact) mass is 785 g/mol. The molecule has 0 spiro atoms. The van der Waals surface area contributed by atoms with Crippen LogP contribution < -0.4 is 16.4 Å². The number of carboxylic acid groups (broad SMARTS) is 2. The molecule has 55 heavy (non-hydrogen) atoms. The van der Waals surface area contributed by atoms with Crippen molar-refractivity contribution in [1.82, 2.24) is 9.88 Å². The van der Waals surface area contributed by atoms with Gasteiger partial charge < -0.3 is 31.3 Å². The van der Waals surface area contributed by atoms with E-state index in [-0.39, 0.29) is 35.2 Å². The molecule has 6 N–H and O–H groups in total. The summed E-state index contributed by atoms with van der Waals surface area (Å²) in [7, 11) is 3.27. The highest BCUT2D eigenvalue weighted by atomic mass is 32.1. The predicted molar refractivity (Wildman–Crippen MR) is 194 cm³/mol. The Labute approximate surface area is 317 Å². The van der Waals surface area contributed by atoms with E-state index in [9.17, 15) is 37.1 Å². The number of carboxylic acids is 2. The fraction of sp³-hybridized carbons (Fsp3) is 0.270. The second-order valence-electron chi connectivity index (χ2n) is 12.0. The first kappa shape index (κ1) is 43.3. The van der Waals surface area contributed by atoms with Crippen LogP contribution in [0, 0.1) is 5.92 Å². The summed E-state index contributed by atoms with van der Waals surface area (Å²) in [6, 6.07) is 21.0. The maximum atomic E-state index is 12.6. The van der Waals surface area contributed by atoms with Crippen LogP contribution in [-0.2, 0) is 45.1 Å².